The molecule has 1 saturated carbocycles. The average molecular weight is 359 g/mol. The Labute approximate surface area is 132 Å². The van der Waals surface area contributed by atoms with Crippen LogP contribution >= 0.6 is 15.9 Å². The van der Waals surface area contributed by atoms with Crippen LogP contribution in [0, 0.1) is 0 Å². The summed E-state index contributed by atoms with van der Waals surface area (Å²) >= 11 is 3.43. The average Bonchev–Trinajstić information content (AvgIpc) is 2.47. The van der Waals surface area contributed by atoms with Gasteiger partial charge in [-0.15, -0.1) is 0 Å². The first-order chi connectivity index (χ1) is 9.96. The maximum absolute atomic E-state index is 12.4. The monoisotopic (exact) mass is 358 g/mol. The van der Waals surface area contributed by atoms with Gasteiger partial charge in [-0.05, 0) is 18.2 Å². The number of hydrogen-bond acceptors (Lipinski definition) is 5. The largest absolute Gasteiger partial charge is 0.496 e. The van der Waals surface area contributed by atoms with Gasteiger partial charge in [0.2, 0.25) is 0 Å². The highest BCUT2D eigenvalue weighted by Crippen LogP contribution is 2.55. The fourth-order valence-electron chi connectivity index (χ4n) is 2.93. The summed E-state index contributed by atoms with van der Waals surface area (Å²) in [5, 5.41) is 0. The second-order valence-corrected chi connectivity index (χ2v) is 6.01. The third kappa shape index (κ3) is 2.56. The van der Waals surface area contributed by atoms with Crippen molar-refractivity contribution >= 4 is 21.9 Å². The third-order valence-corrected chi connectivity index (χ3v) is 4.63. The van der Waals surface area contributed by atoms with Gasteiger partial charge in [-0.25, -0.2) is 0 Å². The molecule has 0 radical (unpaired) electrons. The van der Waals surface area contributed by atoms with Gasteiger partial charge in [0.1, 0.15) is 11.2 Å². The highest BCUT2D eigenvalue weighted by Gasteiger charge is 2.63. The van der Waals surface area contributed by atoms with Crippen molar-refractivity contribution in [3.05, 3.63) is 28.2 Å². The quantitative estimate of drug-likeness (QED) is 0.598. The molecule has 6 heteroatoms. The van der Waals surface area contributed by atoms with Crippen molar-refractivity contribution in [2.24, 2.45) is 0 Å². The minimum absolute atomic E-state index is 0.316. The van der Waals surface area contributed by atoms with Gasteiger partial charge in [0, 0.05) is 37.1 Å². The van der Waals surface area contributed by atoms with E-state index in [-0.39, 0.29) is 5.97 Å². The Morgan fingerprint density at radius 2 is 1.76 bits per heavy atom. The molecule has 21 heavy (non-hydrogen) atoms. The molecule has 1 aromatic rings. The zero-order chi connectivity index (χ0) is 15.7. The molecule has 0 aliphatic heterocycles. The predicted molar refractivity (Wildman–Crippen MR) is 80.4 cm³/mol. The minimum atomic E-state index is -0.824. The highest BCUT2D eigenvalue weighted by molar-refractivity contribution is 9.10. The molecule has 0 spiro atoms. The van der Waals surface area contributed by atoms with Crippen molar-refractivity contribution in [2.75, 3.05) is 28.4 Å². The van der Waals surface area contributed by atoms with E-state index in [4.69, 9.17) is 18.9 Å². The molecule has 0 unspecified atom stereocenters. The Morgan fingerprint density at radius 1 is 1.14 bits per heavy atom. The molecule has 116 valence electrons. The van der Waals surface area contributed by atoms with Crippen molar-refractivity contribution in [3.8, 4) is 5.75 Å². The number of ether oxygens (including phenoxy) is 4. The summed E-state index contributed by atoms with van der Waals surface area (Å²) < 4.78 is 22.1. The van der Waals surface area contributed by atoms with Crippen LogP contribution in [0.5, 0.6) is 5.75 Å². The maximum Gasteiger partial charge on any atom is 0.316 e. The van der Waals surface area contributed by atoms with Crippen molar-refractivity contribution in [2.45, 2.75) is 24.0 Å². The number of carbonyl (C=O) groups is 1. The molecule has 5 nitrogen and oxygen atoms in total. The van der Waals surface area contributed by atoms with Crippen LogP contribution in [0.1, 0.15) is 18.4 Å². The Hall–Kier alpha value is -1.11. The van der Waals surface area contributed by atoms with Gasteiger partial charge in [-0.1, -0.05) is 15.9 Å². The highest BCUT2D eigenvalue weighted by atomic mass is 79.9. The number of methoxy groups -OCH3 is 4. The van der Waals surface area contributed by atoms with E-state index in [1.807, 2.05) is 18.2 Å². The summed E-state index contributed by atoms with van der Waals surface area (Å²) in [5.41, 5.74) is -0.0495. The first-order valence-electron chi connectivity index (χ1n) is 6.49. The van der Waals surface area contributed by atoms with Gasteiger partial charge in [0.25, 0.3) is 0 Å². The summed E-state index contributed by atoms with van der Waals surface area (Å²) in [6, 6.07) is 5.57. The summed E-state index contributed by atoms with van der Waals surface area (Å²) in [6.45, 7) is 0. The number of hydrogen-bond donors (Lipinski definition) is 0. The number of benzene rings is 1. The molecule has 1 aliphatic rings. The first-order valence-corrected chi connectivity index (χ1v) is 7.29. The third-order valence-electron chi connectivity index (χ3n) is 4.14. The SMILES string of the molecule is COC(=O)C1(c2cc(Br)ccc2OC)CC(OC)(OC)C1. The van der Waals surface area contributed by atoms with Crippen LogP contribution in [0.2, 0.25) is 0 Å². The van der Waals surface area contributed by atoms with E-state index in [0.29, 0.717) is 18.6 Å². The normalized spacial score (nSPS) is 18.7. The number of esters is 1. The lowest BCUT2D eigenvalue weighted by molar-refractivity contribution is -0.278. The summed E-state index contributed by atoms with van der Waals surface area (Å²) in [6.07, 6.45) is 0.763. The Morgan fingerprint density at radius 3 is 2.24 bits per heavy atom. The molecular formula is C15H19BrO5. The van der Waals surface area contributed by atoms with Gasteiger partial charge in [-0.2, -0.15) is 0 Å². The maximum atomic E-state index is 12.4. The van der Waals surface area contributed by atoms with Crippen LogP contribution in [0.15, 0.2) is 22.7 Å². The van der Waals surface area contributed by atoms with E-state index < -0.39 is 11.2 Å². The Kier molecular flexibility index (Phi) is 4.60. The molecule has 2 rings (SSSR count). The molecule has 1 fully saturated rings. The summed E-state index contributed by atoms with van der Waals surface area (Å²) in [5.74, 6) is -0.436. The second kappa shape index (κ2) is 5.94. The molecule has 1 aromatic carbocycles. The summed E-state index contributed by atoms with van der Waals surface area (Å²) in [4.78, 5) is 12.4. The van der Waals surface area contributed by atoms with E-state index in [1.165, 1.54) is 7.11 Å². The van der Waals surface area contributed by atoms with E-state index in [2.05, 4.69) is 15.9 Å². The number of halogens is 1. The van der Waals surface area contributed by atoms with Crippen molar-refractivity contribution in [3.63, 3.8) is 0 Å². The van der Waals surface area contributed by atoms with Crippen molar-refractivity contribution < 1.29 is 23.7 Å². The number of rotatable bonds is 5. The van der Waals surface area contributed by atoms with E-state index in [0.717, 1.165) is 10.0 Å². The Balaban J connectivity index is 2.49. The lowest BCUT2D eigenvalue weighted by atomic mass is 9.60. The number of carbonyl (C=O) groups excluding carboxylic acids is 1. The zero-order valence-corrected chi connectivity index (χ0v) is 14.2. The lowest BCUT2D eigenvalue weighted by Crippen LogP contribution is -2.61. The lowest BCUT2D eigenvalue weighted by Gasteiger charge is -2.52. The molecule has 1 aliphatic carbocycles. The van der Waals surface area contributed by atoms with Crippen LogP contribution in [-0.4, -0.2) is 40.2 Å². The van der Waals surface area contributed by atoms with Crippen molar-refractivity contribution in [1.29, 1.82) is 0 Å². The van der Waals surface area contributed by atoms with E-state index in [9.17, 15) is 4.79 Å². The smallest absolute Gasteiger partial charge is 0.316 e. The van der Waals surface area contributed by atoms with Crippen LogP contribution in [-0.2, 0) is 24.4 Å². The molecular weight excluding hydrogens is 340 g/mol. The molecule has 0 bridgehead atoms. The fourth-order valence-corrected chi connectivity index (χ4v) is 3.30. The van der Waals surface area contributed by atoms with Crippen LogP contribution < -0.4 is 4.74 Å². The van der Waals surface area contributed by atoms with Crippen molar-refractivity contribution in [1.82, 2.24) is 0 Å². The molecule has 0 atom stereocenters. The predicted octanol–water partition coefficient (Wildman–Crippen LogP) is 2.65. The minimum Gasteiger partial charge on any atom is -0.496 e. The van der Waals surface area contributed by atoms with E-state index >= 15 is 0 Å². The van der Waals surface area contributed by atoms with E-state index in [1.54, 1.807) is 21.3 Å². The van der Waals surface area contributed by atoms with Gasteiger partial charge in [-0.3, -0.25) is 4.79 Å². The van der Waals surface area contributed by atoms with Gasteiger partial charge in [0.05, 0.1) is 14.2 Å². The van der Waals surface area contributed by atoms with Gasteiger partial charge >= 0.3 is 5.97 Å². The molecule has 0 aromatic heterocycles. The van der Waals surface area contributed by atoms with Crippen LogP contribution in [0.25, 0.3) is 0 Å². The molecule has 0 saturated heterocycles. The molecule has 0 amide bonds. The summed E-state index contributed by atoms with van der Waals surface area (Å²) in [7, 11) is 6.11. The molecule has 0 heterocycles. The zero-order valence-electron chi connectivity index (χ0n) is 12.6. The Bertz CT molecular complexity index is 531. The standard InChI is InChI=1S/C15H19BrO5/c1-18-12-6-5-10(16)7-11(12)14(13(17)19-2)8-15(9-14,20-3)21-4/h5-7H,8-9H2,1-4H3. The van der Waals surface area contributed by atoms with Crippen LogP contribution in [0.4, 0.5) is 0 Å². The topological polar surface area (TPSA) is 54.0 Å². The van der Waals surface area contributed by atoms with Crippen LogP contribution in [0.3, 0.4) is 0 Å². The fraction of sp³-hybridized carbons (Fsp3) is 0.533. The van der Waals surface area contributed by atoms with Gasteiger partial charge < -0.3 is 18.9 Å². The second-order valence-electron chi connectivity index (χ2n) is 5.09. The molecule has 0 N–H and O–H groups in total. The van der Waals surface area contributed by atoms with Gasteiger partial charge in [0.15, 0.2) is 5.79 Å². The first kappa shape index (κ1) is 16.3.